The summed E-state index contributed by atoms with van der Waals surface area (Å²) in [5.74, 6) is -0.832. The van der Waals surface area contributed by atoms with Gasteiger partial charge in [0.05, 0.1) is 37.0 Å². The summed E-state index contributed by atoms with van der Waals surface area (Å²) in [5.41, 5.74) is -0.600. The number of alkyl carbamates (subject to hydrolysis) is 1. The summed E-state index contributed by atoms with van der Waals surface area (Å²) in [6.45, 7) is 5.81. The first-order valence-electron chi connectivity index (χ1n) is 8.47. The SMILES string of the molecule is COC(=O)/C=C1/SCC(=O)N1CCCOC(=O)CCNC(=O)OC(C)(C)C. The maximum absolute atomic E-state index is 11.8. The summed E-state index contributed by atoms with van der Waals surface area (Å²) in [7, 11) is 1.27. The molecule has 1 aliphatic heterocycles. The van der Waals surface area contributed by atoms with Crippen molar-refractivity contribution in [3.8, 4) is 0 Å². The summed E-state index contributed by atoms with van der Waals surface area (Å²) >= 11 is 1.26. The van der Waals surface area contributed by atoms with E-state index in [9.17, 15) is 19.2 Å². The van der Waals surface area contributed by atoms with Crippen molar-refractivity contribution in [3.05, 3.63) is 11.1 Å². The van der Waals surface area contributed by atoms with E-state index >= 15 is 0 Å². The molecule has 0 aromatic heterocycles. The molecule has 1 saturated heterocycles. The van der Waals surface area contributed by atoms with Crippen molar-refractivity contribution in [2.24, 2.45) is 0 Å². The van der Waals surface area contributed by atoms with Crippen LogP contribution in [0.2, 0.25) is 0 Å². The molecule has 0 aromatic carbocycles. The van der Waals surface area contributed by atoms with Gasteiger partial charge in [-0.25, -0.2) is 9.59 Å². The number of hydrogen-bond donors (Lipinski definition) is 1. The summed E-state index contributed by atoms with van der Waals surface area (Å²) in [6.07, 6.45) is 1.12. The Kier molecular flexibility index (Phi) is 9.13. The molecule has 27 heavy (non-hydrogen) atoms. The van der Waals surface area contributed by atoms with Crippen molar-refractivity contribution in [2.45, 2.75) is 39.2 Å². The minimum absolute atomic E-state index is 0.0191. The van der Waals surface area contributed by atoms with Gasteiger partial charge in [0.1, 0.15) is 5.60 Å². The zero-order chi connectivity index (χ0) is 20.4. The van der Waals surface area contributed by atoms with E-state index in [1.807, 2.05) is 0 Å². The van der Waals surface area contributed by atoms with E-state index in [4.69, 9.17) is 9.47 Å². The van der Waals surface area contributed by atoms with Crippen LogP contribution in [0.15, 0.2) is 11.1 Å². The Labute approximate surface area is 162 Å². The minimum atomic E-state index is -0.600. The van der Waals surface area contributed by atoms with Crippen molar-refractivity contribution in [2.75, 3.05) is 32.6 Å². The van der Waals surface area contributed by atoms with Crippen LogP contribution in [-0.2, 0) is 28.6 Å². The lowest BCUT2D eigenvalue weighted by molar-refractivity contribution is -0.143. The quantitative estimate of drug-likeness (QED) is 0.281. The number of nitrogens with one attached hydrogen (secondary N) is 1. The molecule has 0 radical (unpaired) electrons. The van der Waals surface area contributed by atoms with Gasteiger partial charge in [-0.05, 0) is 27.2 Å². The molecule has 152 valence electrons. The van der Waals surface area contributed by atoms with E-state index in [-0.39, 0.29) is 31.2 Å². The minimum Gasteiger partial charge on any atom is -0.466 e. The zero-order valence-electron chi connectivity index (χ0n) is 16.0. The lowest BCUT2D eigenvalue weighted by Gasteiger charge is -2.19. The van der Waals surface area contributed by atoms with Crippen LogP contribution in [-0.4, -0.2) is 67.0 Å². The molecule has 1 fully saturated rings. The highest BCUT2D eigenvalue weighted by molar-refractivity contribution is 8.04. The van der Waals surface area contributed by atoms with Crippen LogP contribution in [0.25, 0.3) is 0 Å². The number of esters is 2. The average molecular weight is 402 g/mol. The van der Waals surface area contributed by atoms with Crippen LogP contribution in [0.1, 0.15) is 33.6 Å². The highest BCUT2D eigenvalue weighted by Gasteiger charge is 2.27. The monoisotopic (exact) mass is 402 g/mol. The molecule has 0 atom stereocenters. The molecule has 1 N–H and O–H groups in total. The molecule has 1 rings (SSSR count). The predicted octanol–water partition coefficient (Wildman–Crippen LogP) is 1.42. The molecule has 0 spiro atoms. The number of thioether (sulfide) groups is 1. The van der Waals surface area contributed by atoms with E-state index in [0.717, 1.165) is 0 Å². The smallest absolute Gasteiger partial charge is 0.407 e. The number of hydrogen-bond acceptors (Lipinski definition) is 8. The molecule has 10 heteroatoms. The molecule has 0 bridgehead atoms. The second kappa shape index (κ2) is 10.8. The fourth-order valence-electron chi connectivity index (χ4n) is 1.99. The van der Waals surface area contributed by atoms with E-state index in [0.29, 0.717) is 18.0 Å². The van der Waals surface area contributed by atoms with Gasteiger partial charge in [0, 0.05) is 13.1 Å². The molecule has 1 aliphatic rings. The van der Waals surface area contributed by atoms with Gasteiger partial charge < -0.3 is 24.4 Å². The molecular weight excluding hydrogens is 376 g/mol. The van der Waals surface area contributed by atoms with Crippen molar-refractivity contribution in [1.82, 2.24) is 10.2 Å². The first kappa shape index (κ1) is 22.8. The second-order valence-corrected chi connectivity index (χ2v) is 7.59. The van der Waals surface area contributed by atoms with E-state index in [1.165, 1.54) is 29.8 Å². The summed E-state index contributed by atoms with van der Waals surface area (Å²) in [6, 6.07) is 0. The van der Waals surface area contributed by atoms with Crippen LogP contribution in [0, 0.1) is 0 Å². The highest BCUT2D eigenvalue weighted by Crippen LogP contribution is 2.28. The Hall–Kier alpha value is -2.23. The molecule has 9 nitrogen and oxygen atoms in total. The number of carbonyl (C=O) groups excluding carboxylic acids is 4. The number of carbonyl (C=O) groups is 4. The molecule has 2 amide bonds. The van der Waals surface area contributed by atoms with Crippen LogP contribution < -0.4 is 5.32 Å². The Balaban J connectivity index is 2.24. The Morgan fingerprint density at radius 2 is 2.00 bits per heavy atom. The number of methoxy groups -OCH3 is 1. The van der Waals surface area contributed by atoms with Crippen molar-refractivity contribution < 1.29 is 33.4 Å². The fraction of sp³-hybridized carbons (Fsp3) is 0.647. The van der Waals surface area contributed by atoms with Crippen molar-refractivity contribution >= 4 is 35.7 Å². The largest absolute Gasteiger partial charge is 0.466 e. The number of amides is 2. The standard InChI is InChI=1S/C17H26N2O7S/c1-17(2,3)26-16(23)18-7-6-14(21)25-9-5-8-19-12(20)11-27-13(19)10-15(22)24-4/h10H,5-9,11H2,1-4H3,(H,18,23)/b13-10+. The molecule has 0 aromatic rings. The van der Waals surface area contributed by atoms with Gasteiger partial charge in [0.25, 0.3) is 0 Å². The second-order valence-electron chi connectivity index (χ2n) is 6.59. The average Bonchev–Trinajstić information content (AvgIpc) is 2.89. The van der Waals surface area contributed by atoms with Gasteiger partial charge in [0.15, 0.2) is 0 Å². The lowest BCUT2D eigenvalue weighted by Crippen LogP contribution is -2.33. The van der Waals surface area contributed by atoms with E-state index < -0.39 is 23.6 Å². The number of ether oxygens (including phenoxy) is 3. The van der Waals surface area contributed by atoms with Gasteiger partial charge >= 0.3 is 18.0 Å². The maximum Gasteiger partial charge on any atom is 0.407 e. The molecule has 0 unspecified atom stereocenters. The molecule has 0 saturated carbocycles. The highest BCUT2D eigenvalue weighted by atomic mass is 32.2. The lowest BCUT2D eigenvalue weighted by atomic mass is 10.2. The third-order valence-electron chi connectivity index (χ3n) is 3.14. The number of nitrogens with zero attached hydrogens (tertiary/aromatic N) is 1. The predicted molar refractivity (Wildman–Crippen MR) is 98.7 cm³/mol. The maximum atomic E-state index is 11.8. The first-order chi connectivity index (χ1) is 12.6. The van der Waals surface area contributed by atoms with Gasteiger partial charge in [-0.2, -0.15) is 0 Å². The Morgan fingerprint density at radius 3 is 2.63 bits per heavy atom. The zero-order valence-corrected chi connectivity index (χ0v) is 16.8. The molecular formula is C17H26N2O7S. The topological polar surface area (TPSA) is 111 Å². The fourth-order valence-corrected chi connectivity index (χ4v) is 2.95. The molecule has 0 aliphatic carbocycles. The Morgan fingerprint density at radius 1 is 1.30 bits per heavy atom. The van der Waals surface area contributed by atoms with Gasteiger partial charge in [-0.3, -0.25) is 9.59 Å². The third-order valence-corrected chi connectivity index (χ3v) is 4.16. The van der Waals surface area contributed by atoms with Gasteiger partial charge in [-0.1, -0.05) is 11.8 Å². The number of rotatable bonds is 8. The first-order valence-corrected chi connectivity index (χ1v) is 9.46. The van der Waals surface area contributed by atoms with Gasteiger partial charge in [0.2, 0.25) is 5.91 Å². The van der Waals surface area contributed by atoms with Crippen LogP contribution >= 0.6 is 11.8 Å². The third kappa shape index (κ3) is 9.32. The Bertz CT molecular complexity index is 599. The van der Waals surface area contributed by atoms with E-state index in [2.05, 4.69) is 10.1 Å². The van der Waals surface area contributed by atoms with Crippen molar-refractivity contribution in [1.29, 1.82) is 0 Å². The van der Waals surface area contributed by atoms with Gasteiger partial charge in [-0.15, -0.1) is 0 Å². The van der Waals surface area contributed by atoms with E-state index in [1.54, 1.807) is 20.8 Å². The normalized spacial score (nSPS) is 15.6. The van der Waals surface area contributed by atoms with Crippen molar-refractivity contribution in [3.63, 3.8) is 0 Å². The van der Waals surface area contributed by atoms with Crippen LogP contribution in [0.4, 0.5) is 4.79 Å². The molecule has 1 heterocycles. The van der Waals surface area contributed by atoms with Crippen LogP contribution in [0.5, 0.6) is 0 Å². The van der Waals surface area contributed by atoms with Crippen LogP contribution in [0.3, 0.4) is 0 Å². The summed E-state index contributed by atoms with van der Waals surface area (Å²) in [4.78, 5) is 47.7. The summed E-state index contributed by atoms with van der Waals surface area (Å²) < 4.78 is 14.7. The summed E-state index contributed by atoms with van der Waals surface area (Å²) in [5, 5.41) is 3.00.